The Balaban J connectivity index is 2.73. The Morgan fingerprint density at radius 2 is 1.64 bits per heavy atom. The summed E-state index contributed by atoms with van der Waals surface area (Å²) in [7, 11) is 4.57. The monoisotopic (exact) mass is 310 g/mol. The third kappa shape index (κ3) is 5.34. The summed E-state index contributed by atoms with van der Waals surface area (Å²) in [6.07, 6.45) is 0. The van der Waals surface area contributed by atoms with Crippen LogP contribution in [0.3, 0.4) is 0 Å². The average Bonchev–Trinajstić information content (AvgIpc) is 2.55. The fourth-order valence-electron chi connectivity index (χ4n) is 1.79. The normalized spacial score (nSPS) is 10.1. The summed E-state index contributed by atoms with van der Waals surface area (Å²) >= 11 is 0. The van der Waals surface area contributed by atoms with Gasteiger partial charge in [0.1, 0.15) is 5.75 Å². The zero-order chi connectivity index (χ0) is 16.4. The van der Waals surface area contributed by atoms with E-state index in [1.165, 1.54) is 26.2 Å². The molecule has 22 heavy (non-hydrogen) atoms. The number of carbonyl (C=O) groups is 2. The molecule has 0 aliphatic heterocycles. The molecule has 7 heteroatoms. The third-order valence-electron chi connectivity index (χ3n) is 2.97. The van der Waals surface area contributed by atoms with Crippen LogP contribution < -0.4 is 10.1 Å². The molecule has 2 amide bonds. The molecule has 1 rings (SSSR count). The summed E-state index contributed by atoms with van der Waals surface area (Å²) in [5.74, 6) is -0.874. The molecule has 0 aromatic heterocycles. The standard InChI is InChI=1S/C15H22N2O5/c1-20-10-8-17(9-11-21-2)15(19)14(18)16-12-6-4-5-7-13(12)22-3/h4-7H,8-11H2,1-3H3,(H,16,18). The Morgan fingerprint density at radius 3 is 2.18 bits per heavy atom. The van der Waals surface area contributed by atoms with E-state index >= 15 is 0 Å². The zero-order valence-electron chi connectivity index (χ0n) is 13.1. The largest absolute Gasteiger partial charge is 0.495 e. The molecule has 0 atom stereocenters. The minimum absolute atomic E-state index is 0.317. The van der Waals surface area contributed by atoms with E-state index in [0.29, 0.717) is 37.7 Å². The van der Waals surface area contributed by atoms with Crippen LogP contribution in [0.2, 0.25) is 0 Å². The molecule has 0 bridgehead atoms. The molecule has 1 N–H and O–H groups in total. The molecule has 0 saturated carbocycles. The number of rotatable bonds is 8. The lowest BCUT2D eigenvalue weighted by molar-refractivity contribution is -0.144. The van der Waals surface area contributed by atoms with Crippen LogP contribution in [0.5, 0.6) is 5.75 Å². The van der Waals surface area contributed by atoms with Gasteiger partial charge >= 0.3 is 11.8 Å². The number of methoxy groups -OCH3 is 3. The van der Waals surface area contributed by atoms with Gasteiger partial charge in [0, 0.05) is 27.3 Å². The summed E-state index contributed by atoms with van der Waals surface area (Å²) in [5.41, 5.74) is 0.446. The lowest BCUT2D eigenvalue weighted by atomic mass is 10.3. The van der Waals surface area contributed by atoms with Gasteiger partial charge in [0.2, 0.25) is 0 Å². The van der Waals surface area contributed by atoms with E-state index in [0.717, 1.165) is 0 Å². The van der Waals surface area contributed by atoms with E-state index in [4.69, 9.17) is 14.2 Å². The number of carbonyl (C=O) groups excluding carboxylic acids is 2. The summed E-state index contributed by atoms with van der Waals surface area (Å²) in [6.45, 7) is 1.32. The van der Waals surface area contributed by atoms with Crippen molar-refractivity contribution in [3.05, 3.63) is 24.3 Å². The van der Waals surface area contributed by atoms with Gasteiger partial charge in [0.25, 0.3) is 0 Å². The van der Waals surface area contributed by atoms with Crippen LogP contribution in [0.15, 0.2) is 24.3 Å². The van der Waals surface area contributed by atoms with E-state index in [-0.39, 0.29) is 0 Å². The van der Waals surface area contributed by atoms with Crippen molar-refractivity contribution in [1.82, 2.24) is 4.90 Å². The average molecular weight is 310 g/mol. The minimum Gasteiger partial charge on any atom is -0.495 e. The van der Waals surface area contributed by atoms with Gasteiger partial charge < -0.3 is 24.4 Å². The Bertz CT molecular complexity index is 485. The van der Waals surface area contributed by atoms with Crippen molar-refractivity contribution in [2.45, 2.75) is 0 Å². The molecule has 0 radical (unpaired) electrons. The molecule has 0 heterocycles. The number of benzene rings is 1. The van der Waals surface area contributed by atoms with Crippen molar-refractivity contribution >= 4 is 17.5 Å². The summed E-state index contributed by atoms with van der Waals surface area (Å²) in [4.78, 5) is 25.7. The Morgan fingerprint density at radius 1 is 1.05 bits per heavy atom. The van der Waals surface area contributed by atoms with Crippen LogP contribution in [0.4, 0.5) is 5.69 Å². The number of anilines is 1. The number of nitrogens with one attached hydrogen (secondary N) is 1. The number of ether oxygens (including phenoxy) is 3. The maximum atomic E-state index is 12.2. The summed E-state index contributed by atoms with van der Waals surface area (Å²) < 4.78 is 15.0. The van der Waals surface area contributed by atoms with Crippen LogP contribution in [0.1, 0.15) is 0 Å². The maximum absolute atomic E-state index is 12.2. The van der Waals surface area contributed by atoms with E-state index in [1.54, 1.807) is 24.3 Å². The van der Waals surface area contributed by atoms with Crippen molar-refractivity contribution in [2.75, 3.05) is 52.9 Å². The Hall–Kier alpha value is -2.12. The molecule has 1 aromatic rings. The number of amides is 2. The van der Waals surface area contributed by atoms with Gasteiger partial charge in [-0.2, -0.15) is 0 Å². The first-order valence-corrected chi connectivity index (χ1v) is 6.85. The molecule has 0 aliphatic carbocycles. The van der Waals surface area contributed by atoms with Crippen LogP contribution in [0, 0.1) is 0 Å². The Kier molecular flexibility index (Phi) is 7.95. The first-order valence-electron chi connectivity index (χ1n) is 6.85. The van der Waals surface area contributed by atoms with E-state index in [1.807, 2.05) is 0 Å². The molecule has 0 saturated heterocycles. The first-order chi connectivity index (χ1) is 10.6. The van der Waals surface area contributed by atoms with Crippen LogP contribution in [-0.4, -0.2) is 64.3 Å². The predicted molar refractivity (Wildman–Crippen MR) is 82.0 cm³/mol. The number of hydrogen-bond donors (Lipinski definition) is 1. The van der Waals surface area contributed by atoms with Crippen LogP contribution in [-0.2, 0) is 19.1 Å². The van der Waals surface area contributed by atoms with Crippen molar-refractivity contribution in [3.63, 3.8) is 0 Å². The number of hydrogen-bond acceptors (Lipinski definition) is 5. The molecule has 0 spiro atoms. The second-order valence-electron chi connectivity index (χ2n) is 4.43. The van der Waals surface area contributed by atoms with E-state index in [2.05, 4.69) is 5.32 Å². The first kappa shape index (κ1) is 17.9. The molecular formula is C15H22N2O5. The highest BCUT2D eigenvalue weighted by Gasteiger charge is 2.22. The topological polar surface area (TPSA) is 77.1 Å². The Labute approximate surface area is 130 Å². The molecule has 7 nitrogen and oxygen atoms in total. The predicted octanol–water partition coefficient (Wildman–Crippen LogP) is 0.755. The zero-order valence-corrected chi connectivity index (χ0v) is 13.1. The van der Waals surface area contributed by atoms with Crippen molar-refractivity contribution in [1.29, 1.82) is 0 Å². The lowest BCUT2D eigenvalue weighted by Gasteiger charge is -2.21. The quantitative estimate of drug-likeness (QED) is 0.717. The second-order valence-corrected chi connectivity index (χ2v) is 4.43. The van der Waals surface area contributed by atoms with E-state index < -0.39 is 11.8 Å². The van der Waals surface area contributed by atoms with Gasteiger partial charge in [-0.1, -0.05) is 12.1 Å². The van der Waals surface area contributed by atoms with Gasteiger partial charge in [0.15, 0.2) is 0 Å². The minimum atomic E-state index is -0.725. The van der Waals surface area contributed by atoms with Crippen molar-refractivity contribution < 1.29 is 23.8 Å². The molecule has 1 aromatic carbocycles. The molecule has 0 unspecified atom stereocenters. The maximum Gasteiger partial charge on any atom is 0.314 e. The number of para-hydroxylation sites is 2. The van der Waals surface area contributed by atoms with Gasteiger partial charge in [-0.25, -0.2) is 0 Å². The van der Waals surface area contributed by atoms with Gasteiger partial charge in [-0.3, -0.25) is 9.59 Å². The van der Waals surface area contributed by atoms with Gasteiger partial charge in [-0.05, 0) is 12.1 Å². The smallest absolute Gasteiger partial charge is 0.314 e. The summed E-state index contributed by atoms with van der Waals surface area (Å²) in [5, 5.41) is 2.56. The SMILES string of the molecule is COCCN(CCOC)C(=O)C(=O)Nc1ccccc1OC. The number of nitrogens with zero attached hydrogens (tertiary/aromatic N) is 1. The second kappa shape index (κ2) is 9.75. The highest BCUT2D eigenvalue weighted by Crippen LogP contribution is 2.22. The lowest BCUT2D eigenvalue weighted by Crippen LogP contribution is -2.43. The highest BCUT2D eigenvalue weighted by molar-refractivity contribution is 6.39. The van der Waals surface area contributed by atoms with Gasteiger partial charge in [-0.15, -0.1) is 0 Å². The molecule has 0 fully saturated rings. The third-order valence-corrected chi connectivity index (χ3v) is 2.97. The van der Waals surface area contributed by atoms with E-state index in [9.17, 15) is 9.59 Å². The fourth-order valence-corrected chi connectivity index (χ4v) is 1.79. The molecular weight excluding hydrogens is 288 g/mol. The summed E-state index contributed by atoms with van der Waals surface area (Å²) in [6, 6.07) is 6.89. The van der Waals surface area contributed by atoms with Crippen LogP contribution in [0.25, 0.3) is 0 Å². The van der Waals surface area contributed by atoms with Crippen LogP contribution >= 0.6 is 0 Å². The van der Waals surface area contributed by atoms with Crippen molar-refractivity contribution in [2.24, 2.45) is 0 Å². The van der Waals surface area contributed by atoms with Gasteiger partial charge in [0.05, 0.1) is 26.0 Å². The fraction of sp³-hybridized carbons (Fsp3) is 0.467. The molecule has 0 aliphatic rings. The van der Waals surface area contributed by atoms with Crippen molar-refractivity contribution in [3.8, 4) is 5.75 Å². The highest BCUT2D eigenvalue weighted by atomic mass is 16.5. The molecule has 122 valence electrons.